The molecule has 1 aliphatic heterocycles. The highest BCUT2D eigenvalue weighted by Gasteiger charge is 2.40. The van der Waals surface area contributed by atoms with Crippen LogP contribution >= 0.6 is 0 Å². The summed E-state index contributed by atoms with van der Waals surface area (Å²) in [5.74, 6) is -0.102. The second-order valence-electron chi connectivity index (χ2n) is 5.87. The number of aromatic nitrogens is 4. The van der Waals surface area contributed by atoms with Gasteiger partial charge in [-0.05, 0) is 18.1 Å². The summed E-state index contributed by atoms with van der Waals surface area (Å²) in [5, 5.41) is 9.39. The second kappa shape index (κ2) is 8.40. The number of nitrogens with one attached hydrogen (secondary N) is 1. The summed E-state index contributed by atoms with van der Waals surface area (Å²) < 4.78 is 43.2. The number of methoxy groups -OCH3 is 2. The minimum absolute atomic E-state index is 0.0842. The van der Waals surface area contributed by atoms with Gasteiger partial charge < -0.3 is 19.0 Å². The maximum absolute atomic E-state index is 13.2. The van der Waals surface area contributed by atoms with E-state index in [1.807, 2.05) is 0 Å². The van der Waals surface area contributed by atoms with Gasteiger partial charge in [-0.3, -0.25) is 10.00 Å². The summed E-state index contributed by atoms with van der Waals surface area (Å²) in [6.07, 6.45) is 0.712. The van der Waals surface area contributed by atoms with Gasteiger partial charge in [-0.1, -0.05) is 0 Å². The molecule has 2 aromatic heterocycles. The quantitative estimate of drug-likeness (QED) is 0.677. The molecule has 0 aromatic carbocycles. The van der Waals surface area contributed by atoms with E-state index in [1.165, 1.54) is 39.6 Å². The monoisotopic (exact) mass is 441 g/mol. The van der Waals surface area contributed by atoms with Crippen molar-refractivity contribution >= 4 is 28.0 Å². The highest BCUT2D eigenvalue weighted by Crippen LogP contribution is 2.21. The van der Waals surface area contributed by atoms with E-state index in [1.54, 1.807) is 6.92 Å². The summed E-state index contributed by atoms with van der Waals surface area (Å²) in [6.45, 7) is 1.71. The number of amides is 2. The Morgan fingerprint density at radius 3 is 2.50 bits per heavy atom. The molecule has 14 nitrogen and oxygen atoms in total. The fourth-order valence-electron chi connectivity index (χ4n) is 2.34. The molecule has 3 rings (SSSR count). The number of carbonyl (C=O) groups excluding carboxylic acids is 1. The van der Waals surface area contributed by atoms with E-state index in [0.717, 1.165) is 4.68 Å². The smallest absolute Gasteiger partial charge is 0.349 e. The van der Waals surface area contributed by atoms with E-state index in [-0.39, 0.29) is 29.3 Å². The van der Waals surface area contributed by atoms with Gasteiger partial charge in [0.2, 0.25) is 17.7 Å². The first-order valence-electron chi connectivity index (χ1n) is 8.44. The number of carbonyl (C=O) groups is 1. The fraction of sp³-hybridized carbons (Fsp3) is 0.400. The summed E-state index contributed by atoms with van der Waals surface area (Å²) in [5.41, 5.74) is 0. The number of urea groups is 1. The van der Waals surface area contributed by atoms with Crippen LogP contribution in [0.1, 0.15) is 6.92 Å². The molecule has 30 heavy (non-hydrogen) atoms. The molecule has 162 valence electrons. The van der Waals surface area contributed by atoms with Gasteiger partial charge in [-0.25, -0.2) is 4.79 Å². The lowest BCUT2D eigenvalue weighted by molar-refractivity contribution is 0.00959. The number of sulfonamides is 1. The number of hydrogen-bond donors (Lipinski definition) is 1. The Morgan fingerprint density at radius 2 is 1.97 bits per heavy atom. The van der Waals surface area contributed by atoms with Crippen LogP contribution in [0, 0.1) is 0 Å². The molecule has 0 radical (unpaired) electrons. The number of hydrogen-bond acceptors (Lipinski definition) is 11. The molecule has 0 fully saturated rings. The van der Waals surface area contributed by atoms with E-state index >= 15 is 0 Å². The third-order valence-electron chi connectivity index (χ3n) is 3.71. The predicted octanol–water partition coefficient (Wildman–Crippen LogP) is 0.156. The van der Waals surface area contributed by atoms with E-state index in [0.29, 0.717) is 4.31 Å². The van der Waals surface area contributed by atoms with Gasteiger partial charge in [0.25, 0.3) is 10.0 Å². The maximum atomic E-state index is 13.2. The molecule has 1 unspecified atom stereocenters. The maximum Gasteiger partial charge on any atom is 0.349 e. The molecule has 0 bridgehead atoms. The zero-order valence-corrected chi connectivity index (χ0v) is 17.3. The summed E-state index contributed by atoms with van der Waals surface area (Å²) in [6, 6.07) is 0.836. The first kappa shape index (κ1) is 21.1. The van der Waals surface area contributed by atoms with Gasteiger partial charge in [0.1, 0.15) is 6.10 Å². The lowest BCUT2D eigenvalue weighted by Crippen LogP contribution is -2.48. The van der Waals surface area contributed by atoms with Crippen LogP contribution in [0.25, 0.3) is 0 Å². The fourth-order valence-corrected chi connectivity index (χ4v) is 3.69. The molecular formula is C15H19N7O7S. The normalized spacial score (nSPS) is 16.0. The Balaban J connectivity index is 2.01. The van der Waals surface area contributed by atoms with Gasteiger partial charge in [0, 0.05) is 7.05 Å². The van der Waals surface area contributed by atoms with Crippen molar-refractivity contribution in [3.8, 4) is 11.8 Å². The van der Waals surface area contributed by atoms with Crippen molar-refractivity contribution in [3.05, 3.63) is 18.3 Å². The van der Waals surface area contributed by atoms with Crippen molar-refractivity contribution in [3.63, 3.8) is 0 Å². The summed E-state index contributed by atoms with van der Waals surface area (Å²) >= 11 is 0. The number of amidine groups is 1. The summed E-state index contributed by atoms with van der Waals surface area (Å²) in [7, 11) is -0.376. The van der Waals surface area contributed by atoms with Crippen molar-refractivity contribution in [2.24, 2.45) is 12.2 Å². The van der Waals surface area contributed by atoms with Crippen molar-refractivity contribution in [2.75, 3.05) is 26.1 Å². The third kappa shape index (κ3) is 4.19. The Bertz CT molecular complexity index is 1050. The number of nitrogens with zero attached hydrogens (tertiary/aromatic N) is 6. The van der Waals surface area contributed by atoms with Crippen LogP contribution in [0.15, 0.2) is 28.5 Å². The Hall–Kier alpha value is -3.62. The molecule has 1 atom stereocenters. The minimum Gasteiger partial charge on any atom is -0.481 e. The highest BCUT2D eigenvalue weighted by atomic mass is 32.2. The van der Waals surface area contributed by atoms with Crippen LogP contribution in [0.2, 0.25) is 0 Å². The first-order chi connectivity index (χ1) is 14.3. The average molecular weight is 441 g/mol. The van der Waals surface area contributed by atoms with Gasteiger partial charge in [-0.2, -0.15) is 23.5 Å². The number of ether oxygens (including phenoxy) is 3. The van der Waals surface area contributed by atoms with Gasteiger partial charge in [0.05, 0.1) is 26.5 Å². The van der Waals surface area contributed by atoms with Crippen LogP contribution in [0.3, 0.4) is 0 Å². The van der Waals surface area contributed by atoms with Crippen LogP contribution < -0.4 is 14.8 Å². The first-order valence-corrected chi connectivity index (χ1v) is 9.88. The molecule has 0 saturated carbocycles. The van der Waals surface area contributed by atoms with Crippen molar-refractivity contribution < 1.29 is 32.3 Å². The van der Waals surface area contributed by atoms with Crippen LogP contribution in [-0.4, -0.2) is 71.5 Å². The summed E-state index contributed by atoms with van der Waals surface area (Å²) in [4.78, 5) is 25.9. The number of anilines is 1. The van der Waals surface area contributed by atoms with Crippen molar-refractivity contribution in [1.29, 1.82) is 0 Å². The molecule has 2 amide bonds. The Morgan fingerprint density at radius 1 is 1.30 bits per heavy atom. The topological polar surface area (TPSA) is 159 Å². The molecule has 1 aliphatic rings. The molecular weight excluding hydrogens is 422 g/mol. The zero-order chi connectivity index (χ0) is 21.9. The SMILES string of the molecule is COc1cc(OC)nc(NC(=O)N(C2=NOCC(C)O2)S(=O)(=O)c2ccnn2C)n1. The largest absolute Gasteiger partial charge is 0.481 e. The van der Waals surface area contributed by atoms with E-state index in [9.17, 15) is 13.2 Å². The van der Waals surface area contributed by atoms with Gasteiger partial charge in [-0.15, -0.1) is 4.31 Å². The predicted molar refractivity (Wildman–Crippen MR) is 100 cm³/mol. The van der Waals surface area contributed by atoms with E-state index in [2.05, 4.69) is 25.5 Å². The second-order valence-corrected chi connectivity index (χ2v) is 7.60. The molecule has 0 saturated heterocycles. The molecule has 0 aliphatic carbocycles. The van der Waals surface area contributed by atoms with E-state index in [4.69, 9.17) is 19.0 Å². The van der Waals surface area contributed by atoms with Crippen LogP contribution in [0.4, 0.5) is 10.7 Å². The van der Waals surface area contributed by atoms with Crippen molar-refractivity contribution in [1.82, 2.24) is 24.1 Å². The molecule has 3 heterocycles. The third-order valence-corrected chi connectivity index (χ3v) is 5.45. The van der Waals surface area contributed by atoms with Gasteiger partial charge in [0.15, 0.2) is 11.6 Å². The lowest BCUT2D eigenvalue weighted by atomic mass is 10.4. The van der Waals surface area contributed by atoms with Crippen molar-refractivity contribution in [2.45, 2.75) is 18.1 Å². The zero-order valence-electron chi connectivity index (χ0n) is 16.5. The van der Waals surface area contributed by atoms with Crippen LogP contribution in [-0.2, 0) is 26.6 Å². The number of rotatable bonds is 5. The standard InChI is InChI=1S/C15H19N7O7S/c1-9-8-28-20-15(29-9)22(30(24,25)12-5-6-16-21(12)2)14(23)19-13-17-10(26-3)7-11(18-13)27-4/h5-7,9H,8H2,1-4H3,(H,17,18,19,23). The lowest BCUT2D eigenvalue weighted by Gasteiger charge is -2.27. The van der Waals surface area contributed by atoms with E-state index < -0.39 is 28.2 Å². The minimum atomic E-state index is -4.49. The molecule has 2 aromatic rings. The number of aryl methyl sites for hydroxylation is 1. The van der Waals surface area contributed by atoms with Crippen LogP contribution in [0.5, 0.6) is 11.8 Å². The number of oxime groups is 1. The van der Waals surface area contributed by atoms with Gasteiger partial charge >= 0.3 is 12.1 Å². The highest BCUT2D eigenvalue weighted by molar-refractivity contribution is 7.90. The Labute approximate surface area is 171 Å². The molecule has 0 spiro atoms. The molecule has 1 N–H and O–H groups in total. The Kier molecular flexibility index (Phi) is 5.91. The molecule has 15 heteroatoms. The average Bonchev–Trinajstić information content (AvgIpc) is 3.14.